The number of rotatable bonds is 7. The fraction of sp³-hybridized carbons (Fsp3) is 0.417. The van der Waals surface area contributed by atoms with E-state index >= 15 is 0 Å². The highest BCUT2D eigenvalue weighted by molar-refractivity contribution is 6.42. The fourth-order valence-corrected chi connectivity index (χ4v) is 1.55. The van der Waals surface area contributed by atoms with E-state index in [1.165, 1.54) is 0 Å². The minimum atomic E-state index is -0.155. The molecule has 0 aliphatic rings. The van der Waals surface area contributed by atoms with E-state index in [0.717, 1.165) is 13.0 Å². The van der Waals surface area contributed by atoms with Gasteiger partial charge >= 0.3 is 0 Å². The number of hydrogen-bond acceptors (Lipinski definition) is 3. The van der Waals surface area contributed by atoms with Crippen molar-refractivity contribution in [2.75, 3.05) is 26.7 Å². The highest BCUT2D eigenvalue weighted by Gasteiger charge is 2.04. The maximum atomic E-state index is 11.4. The van der Waals surface area contributed by atoms with Gasteiger partial charge in [0.2, 0.25) is 0 Å². The smallest absolute Gasteiger partial charge is 0.257 e. The summed E-state index contributed by atoms with van der Waals surface area (Å²) in [5, 5.41) is 6.62. The van der Waals surface area contributed by atoms with Crippen molar-refractivity contribution in [1.29, 1.82) is 0 Å². The number of halogens is 3. The average Bonchev–Trinajstić information content (AvgIpc) is 2.36. The molecule has 0 fully saturated rings. The summed E-state index contributed by atoms with van der Waals surface area (Å²) < 4.78 is 5.29. The molecule has 108 valence electrons. The lowest BCUT2D eigenvalue weighted by molar-refractivity contribution is -0.123. The van der Waals surface area contributed by atoms with Gasteiger partial charge in [0.05, 0.1) is 10.0 Å². The lowest BCUT2D eigenvalue weighted by Crippen LogP contribution is -2.30. The van der Waals surface area contributed by atoms with Crippen LogP contribution in [0, 0.1) is 0 Å². The van der Waals surface area contributed by atoms with Gasteiger partial charge in [0.25, 0.3) is 5.91 Å². The molecular weight excluding hydrogens is 311 g/mol. The van der Waals surface area contributed by atoms with Crippen LogP contribution in [0.2, 0.25) is 10.0 Å². The first-order valence-electron chi connectivity index (χ1n) is 5.62. The van der Waals surface area contributed by atoms with E-state index in [0.29, 0.717) is 22.3 Å². The normalized spacial score (nSPS) is 9.63. The Hall–Kier alpha value is -0.680. The number of carbonyl (C=O) groups excluding carboxylic acids is 1. The van der Waals surface area contributed by atoms with Gasteiger partial charge in [0.15, 0.2) is 6.61 Å². The predicted molar refractivity (Wildman–Crippen MR) is 80.8 cm³/mol. The summed E-state index contributed by atoms with van der Waals surface area (Å²) in [4.78, 5) is 11.4. The second kappa shape index (κ2) is 10.1. The van der Waals surface area contributed by atoms with E-state index in [-0.39, 0.29) is 24.9 Å². The molecule has 0 spiro atoms. The first kappa shape index (κ1) is 18.3. The van der Waals surface area contributed by atoms with Crippen LogP contribution in [-0.2, 0) is 4.79 Å². The lowest BCUT2D eigenvalue weighted by atomic mass is 10.3. The summed E-state index contributed by atoms with van der Waals surface area (Å²) in [5.74, 6) is 0.368. The maximum absolute atomic E-state index is 11.4. The number of amides is 1. The highest BCUT2D eigenvalue weighted by Crippen LogP contribution is 2.26. The van der Waals surface area contributed by atoms with Crippen LogP contribution in [0.15, 0.2) is 18.2 Å². The summed E-state index contributed by atoms with van der Waals surface area (Å²) >= 11 is 11.6. The van der Waals surface area contributed by atoms with Crippen LogP contribution >= 0.6 is 35.6 Å². The van der Waals surface area contributed by atoms with Crippen LogP contribution in [0.3, 0.4) is 0 Å². The van der Waals surface area contributed by atoms with Crippen molar-refractivity contribution in [3.8, 4) is 5.75 Å². The van der Waals surface area contributed by atoms with Gasteiger partial charge < -0.3 is 15.4 Å². The van der Waals surface area contributed by atoms with Crippen LogP contribution in [0.1, 0.15) is 6.42 Å². The van der Waals surface area contributed by atoms with Gasteiger partial charge in [-0.25, -0.2) is 0 Å². The number of ether oxygens (including phenoxy) is 1. The van der Waals surface area contributed by atoms with Crippen molar-refractivity contribution in [2.45, 2.75) is 6.42 Å². The third-order valence-electron chi connectivity index (χ3n) is 2.19. The molecule has 4 nitrogen and oxygen atoms in total. The summed E-state index contributed by atoms with van der Waals surface area (Å²) in [6.07, 6.45) is 0.884. The third kappa shape index (κ3) is 7.47. The van der Waals surface area contributed by atoms with Crippen molar-refractivity contribution in [3.63, 3.8) is 0 Å². The van der Waals surface area contributed by atoms with Crippen LogP contribution in [0.25, 0.3) is 0 Å². The molecule has 7 heteroatoms. The van der Waals surface area contributed by atoms with Crippen molar-refractivity contribution < 1.29 is 9.53 Å². The van der Waals surface area contributed by atoms with Crippen molar-refractivity contribution >= 4 is 41.5 Å². The Bertz CT molecular complexity index is 403. The largest absolute Gasteiger partial charge is 0.484 e. The summed E-state index contributed by atoms with van der Waals surface area (Å²) in [6.45, 7) is 1.47. The van der Waals surface area contributed by atoms with Crippen molar-refractivity contribution in [2.24, 2.45) is 0 Å². The van der Waals surface area contributed by atoms with Gasteiger partial charge in [0, 0.05) is 12.6 Å². The molecule has 1 rings (SSSR count). The minimum absolute atomic E-state index is 0. The molecule has 0 bridgehead atoms. The Morgan fingerprint density at radius 3 is 2.63 bits per heavy atom. The molecule has 1 amide bonds. The third-order valence-corrected chi connectivity index (χ3v) is 2.93. The van der Waals surface area contributed by atoms with E-state index in [2.05, 4.69) is 10.6 Å². The molecule has 0 radical (unpaired) electrons. The van der Waals surface area contributed by atoms with Gasteiger partial charge in [-0.1, -0.05) is 23.2 Å². The Labute approximate surface area is 129 Å². The van der Waals surface area contributed by atoms with E-state index in [1.54, 1.807) is 18.2 Å². The molecule has 0 saturated heterocycles. The van der Waals surface area contributed by atoms with Crippen LogP contribution in [-0.4, -0.2) is 32.7 Å². The van der Waals surface area contributed by atoms with E-state index in [9.17, 15) is 4.79 Å². The zero-order valence-electron chi connectivity index (χ0n) is 10.5. The first-order valence-corrected chi connectivity index (χ1v) is 6.38. The maximum Gasteiger partial charge on any atom is 0.257 e. The van der Waals surface area contributed by atoms with Crippen LogP contribution in [0.4, 0.5) is 0 Å². The summed E-state index contributed by atoms with van der Waals surface area (Å²) in [6, 6.07) is 4.88. The molecule has 0 aliphatic carbocycles. The number of carbonyl (C=O) groups is 1. The van der Waals surface area contributed by atoms with Gasteiger partial charge in [-0.2, -0.15) is 0 Å². The molecule has 1 aromatic carbocycles. The molecule has 0 aromatic heterocycles. The zero-order chi connectivity index (χ0) is 13.4. The zero-order valence-corrected chi connectivity index (χ0v) is 12.9. The van der Waals surface area contributed by atoms with Gasteiger partial charge in [0.1, 0.15) is 5.75 Å². The molecular formula is C12H17Cl3N2O2. The summed E-state index contributed by atoms with van der Waals surface area (Å²) in [5.41, 5.74) is 0. The lowest BCUT2D eigenvalue weighted by Gasteiger charge is -2.08. The Kier molecular flexibility index (Phi) is 9.79. The topological polar surface area (TPSA) is 50.4 Å². The Morgan fingerprint density at radius 1 is 1.26 bits per heavy atom. The molecule has 0 unspecified atom stereocenters. The van der Waals surface area contributed by atoms with Crippen LogP contribution in [0.5, 0.6) is 5.75 Å². The Balaban J connectivity index is 0.00000324. The molecule has 0 atom stereocenters. The second-order valence-electron chi connectivity index (χ2n) is 3.67. The SMILES string of the molecule is CNCCCNC(=O)COc1ccc(Cl)c(Cl)c1.Cl. The molecule has 0 aliphatic heterocycles. The molecule has 0 heterocycles. The van der Waals surface area contributed by atoms with E-state index in [1.807, 2.05) is 7.05 Å². The number of nitrogens with one attached hydrogen (secondary N) is 2. The molecule has 19 heavy (non-hydrogen) atoms. The van der Waals surface area contributed by atoms with Crippen molar-refractivity contribution in [1.82, 2.24) is 10.6 Å². The average molecular weight is 328 g/mol. The van der Waals surface area contributed by atoms with Crippen LogP contribution < -0.4 is 15.4 Å². The van der Waals surface area contributed by atoms with E-state index < -0.39 is 0 Å². The quantitative estimate of drug-likeness (QED) is 0.757. The molecule has 1 aromatic rings. The highest BCUT2D eigenvalue weighted by atomic mass is 35.5. The minimum Gasteiger partial charge on any atom is -0.484 e. The number of benzene rings is 1. The Morgan fingerprint density at radius 2 is 2.00 bits per heavy atom. The monoisotopic (exact) mass is 326 g/mol. The molecule has 2 N–H and O–H groups in total. The van der Waals surface area contributed by atoms with Crippen molar-refractivity contribution in [3.05, 3.63) is 28.2 Å². The van der Waals surface area contributed by atoms with E-state index in [4.69, 9.17) is 27.9 Å². The predicted octanol–water partition coefficient (Wildman–Crippen LogP) is 2.52. The van der Waals surface area contributed by atoms with Gasteiger partial charge in [-0.3, -0.25) is 4.79 Å². The standard InChI is InChI=1S/C12H16Cl2N2O2.ClH/c1-15-5-2-6-16-12(17)8-18-9-3-4-10(13)11(14)7-9;/h3-4,7,15H,2,5-6,8H2,1H3,(H,16,17);1H. The summed E-state index contributed by atoms with van der Waals surface area (Å²) in [7, 11) is 1.87. The molecule has 0 saturated carbocycles. The van der Waals surface area contributed by atoms with Gasteiger partial charge in [-0.05, 0) is 32.1 Å². The first-order chi connectivity index (χ1) is 8.63. The number of hydrogen-bond donors (Lipinski definition) is 2. The second-order valence-corrected chi connectivity index (χ2v) is 4.49. The fourth-order valence-electron chi connectivity index (χ4n) is 1.26. The van der Waals surface area contributed by atoms with Gasteiger partial charge in [-0.15, -0.1) is 12.4 Å².